The van der Waals surface area contributed by atoms with Crippen LogP contribution in [0.15, 0.2) is 66.9 Å². The highest BCUT2D eigenvalue weighted by Crippen LogP contribution is 2.35. The number of nitrogens with zero attached hydrogens (tertiary/aromatic N) is 2. The Labute approximate surface area is 193 Å². The first-order valence-corrected chi connectivity index (χ1v) is 10.3. The molecule has 0 unspecified atom stereocenters. The molecule has 0 spiro atoms. The molecule has 3 rings (SSSR count). The molecule has 10 heteroatoms. The van der Waals surface area contributed by atoms with Gasteiger partial charge in [0.1, 0.15) is 12.6 Å². The molecule has 0 fully saturated rings. The molecule has 1 aliphatic heterocycles. The van der Waals surface area contributed by atoms with E-state index < -0.39 is 48.3 Å². The summed E-state index contributed by atoms with van der Waals surface area (Å²) in [6.07, 6.45) is -4.07. The Hall–Kier alpha value is -3.95. The fourth-order valence-electron chi connectivity index (χ4n) is 3.75. The third-order valence-corrected chi connectivity index (χ3v) is 5.25. The average molecular weight is 473 g/mol. The van der Waals surface area contributed by atoms with E-state index in [1.54, 1.807) is 48.5 Å². The highest BCUT2D eigenvalue weighted by atomic mass is 19.4. The van der Waals surface area contributed by atoms with Crippen LogP contribution >= 0.6 is 0 Å². The van der Waals surface area contributed by atoms with Crippen LogP contribution in [0, 0.1) is 0 Å². The Balaban J connectivity index is 2.27. The molecule has 178 valence electrons. The molecule has 3 amide bonds. The molecule has 0 bridgehead atoms. The molecule has 1 N–H and O–H groups in total. The smallest absolute Gasteiger partial charge is 0.347 e. The van der Waals surface area contributed by atoms with Crippen LogP contribution in [0.3, 0.4) is 0 Å². The van der Waals surface area contributed by atoms with E-state index >= 15 is 0 Å². The van der Waals surface area contributed by atoms with Crippen molar-refractivity contribution < 1.29 is 32.3 Å². The maximum absolute atomic E-state index is 13.8. The van der Waals surface area contributed by atoms with Gasteiger partial charge in [0.25, 0.3) is 5.78 Å². The zero-order valence-corrected chi connectivity index (χ0v) is 18.4. The highest BCUT2D eigenvalue weighted by Gasteiger charge is 2.52. The third-order valence-electron chi connectivity index (χ3n) is 5.25. The third kappa shape index (κ3) is 5.33. The van der Waals surface area contributed by atoms with Gasteiger partial charge in [0, 0.05) is 20.0 Å². The fraction of sp³-hybridized carbons (Fsp3) is 0.250. The first-order chi connectivity index (χ1) is 16.0. The van der Waals surface area contributed by atoms with Gasteiger partial charge in [-0.15, -0.1) is 0 Å². The number of benzene rings is 2. The number of hydrogen-bond donors (Lipinski definition) is 1. The van der Waals surface area contributed by atoms with Gasteiger partial charge in [-0.25, -0.2) is 0 Å². The predicted molar refractivity (Wildman–Crippen MR) is 117 cm³/mol. The van der Waals surface area contributed by atoms with Gasteiger partial charge in [0.2, 0.25) is 17.7 Å². The zero-order valence-electron chi connectivity index (χ0n) is 18.4. The maximum atomic E-state index is 13.8. The first kappa shape index (κ1) is 24.7. The van der Waals surface area contributed by atoms with Crippen molar-refractivity contribution in [3.63, 3.8) is 0 Å². The number of hydrogen-bond acceptors (Lipinski definition) is 4. The van der Waals surface area contributed by atoms with Gasteiger partial charge in [-0.2, -0.15) is 13.2 Å². The van der Waals surface area contributed by atoms with Crippen LogP contribution in [0.5, 0.6) is 0 Å². The van der Waals surface area contributed by atoms with E-state index in [2.05, 4.69) is 5.32 Å². The predicted octanol–water partition coefficient (Wildman–Crippen LogP) is 3.05. The van der Waals surface area contributed by atoms with Crippen LogP contribution in [-0.2, 0) is 19.2 Å². The minimum absolute atomic E-state index is 0.0686. The molecular weight excluding hydrogens is 451 g/mol. The first-order valence-electron chi connectivity index (χ1n) is 10.3. The monoisotopic (exact) mass is 473 g/mol. The molecule has 0 saturated heterocycles. The van der Waals surface area contributed by atoms with E-state index in [-0.39, 0.29) is 11.3 Å². The van der Waals surface area contributed by atoms with Crippen molar-refractivity contribution in [3.05, 3.63) is 78.0 Å². The summed E-state index contributed by atoms with van der Waals surface area (Å²) < 4.78 is 41.5. The number of rotatable bonds is 6. The van der Waals surface area contributed by atoms with Crippen LogP contribution in [0.1, 0.15) is 31.0 Å². The summed E-state index contributed by atoms with van der Waals surface area (Å²) in [5.74, 6) is -4.29. The lowest BCUT2D eigenvalue weighted by Gasteiger charge is -2.41. The zero-order chi connectivity index (χ0) is 25.0. The maximum Gasteiger partial charge on any atom is 0.452 e. The van der Waals surface area contributed by atoms with E-state index in [0.29, 0.717) is 5.56 Å². The number of alkyl halides is 3. The van der Waals surface area contributed by atoms with Crippen molar-refractivity contribution in [1.82, 2.24) is 15.1 Å². The molecule has 34 heavy (non-hydrogen) atoms. The standard InChI is InChI=1S/C24H22F3N3O4/c1-15(31)28-21(18-11-7-4-8-12-18)22(23(34)24(25,26)27)30-19(17-9-5-3-6-10-17)13-29(16(2)32)14-20(30)33/h3-13,21-22H,14H2,1-2H3,(H,28,31)/t21-,22+/m0/s1. The molecule has 0 saturated carbocycles. The Morgan fingerprint density at radius 3 is 2.00 bits per heavy atom. The van der Waals surface area contributed by atoms with E-state index in [1.165, 1.54) is 25.3 Å². The molecule has 7 nitrogen and oxygen atoms in total. The largest absolute Gasteiger partial charge is 0.452 e. The van der Waals surface area contributed by atoms with Crippen molar-refractivity contribution >= 4 is 29.2 Å². The summed E-state index contributed by atoms with van der Waals surface area (Å²) in [4.78, 5) is 51.8. The molecule has 2 atom stereocenters. The second-order valence-corrected chi connectivity index (χ2v) is 7.69. The Kier molecular flexibility index (Phi) is 7.19. The van der Waals surface area contributed by atoms with Crippen molar-refractivity contribution in [2.75, 3.05) is 6.54 Å². The molecule has 1 heterocycles. The van der Waals surface area contributed by atoms with Gasteiger partial charge in [-0.1, -0.05) is 60.7 Å². The lowest BCUT2D eigenvalue weighted by molar-refractivity contribution is -0.178. The fourth-order valence-corrected chi connectivity index (χ4v) is 3.75. The van der Waals surface area contributed by atoms with Crippen LogP contribution < -0.4 is 5.32 Å². The molecule has 0 aromatic heterocycles. The number of carbonyl (C=O) groups is 4. The lowest BCUT2D eigenvalue weighted by Crippen LogP contribution is -2.58. The highest BCUT2D eigenvalue weighted by molar-refractivity contribution is 6.01. The van der Waals surface area contributed by atoms with Crippen molar-refractivity contribution in [2.45, 2.75) is 32.1 Å². The number of amides is 3. The van der Waals surface area contributed by atoms with Crippen LogP contribution in [0.4, 0.5) is 13.2 Å². The van der Waals surface area contributed by atoms with Crippen LogP contribution in [-0.4, -0.2) is 52.1 Å². The summed E-state index contributed by atoms with van der Waals surface area (Å²) in [7, 11) is 0. The van der Waals surface area contributed by atoms with Gasteiger partial charge in [-0.3, -0.25) is 24.1 Å². The average Bonchev–Trinajstić information content (AvgIpc) is 2.79. The topological polar surface area (TPSA) is 86.8 Å². The van der Waals surface area contributed by atoms with Crippen molar-refractivity contribution in [1.29, 1.82) is 0 Å². The van der Waals surface area contributed by atoms with Gasteiger partial charge >= 0.3 is 6.18 Å². The second-order valence-electron chi connectivity index (χ2n) is 7.69. The molecule has 2 aromatic rings. The number of ketones is 1. The molecule has 2 aromatic carbocycles. The Morgan fingerprint density at radius 1 is 0.941 bits per heavy atom. The van der Waals surface area contributed by atoms with E-state index in [0.717, 1.165) is 16.7 Å². The normalized spacial score (nSPS) is 15.9. The number of carbonyl (C=O) groups excluding carboxylic acids is 4. The van der Waals surface area contributed by atoms with Crippen LogP contribution in [0.25, 0.3) is 5.70 Å². The van der Waals surface area contributed by atoms with Crippen molar-refractivity contribution in [2.24, 2.45) is 0 Å². The SMILES string of the molecule is CC(=O)N[C@@H](c1ccccc1)[C@H](C(=O)C(F)(F)F)N1C(=O)CN(C(C)=O)C=C1c1ccccc1. The molecule has 0 aliphatic carbocycles. The Bertz CT molecular complexity index is 1120. The Morgan fingerprint density at radius 2 is 1.50 bits per heavy atom. The van der Waals surface area contributed by atoms with Crippen LogP contribution in [0.2, 0.25) is 0 Å². The summed E-state index contributed by atoms with van der Waals surface area (Å²) in [6, 6.07) is 11.9. The summed E-state index contributed by atoms with van der Waals surface area (Å²) in [5, 5.41) is 2.41. The molecule has 0 radical (unpaired) electrons. The van der Waals surface area contributed by atoms with Gasteiger partial charge in [0.05, 0.1) is 11.7 Å². The minimum Gasteiger partial charge on any atom is -0.347 e. The van der Waals surface area contributed by atoms with Gasteiger partial charge in [0.15, 0.2) is 0 Å². The summed E-state index contributed by atoms with van der Waals surface area (Å²) in [5.41, 5.74) is 0.451. The molecular formula is C24H22F3N3O4. The van der Waals surface area contributed by atoms with E-state index in [4.69, 9.17) is 0 Å². The summed E-state index contributed by atoms with van der Waals surface area (Å²) in [6.45, 7) is 1.76. The molecule has 1 aliphatic rings. The minimum atomic E-state index is -5.31. The number of nitrogens with one attached hydrogen (secondary N) is 1. The van der Waals surface area contributed by atoms with Gasteiger partial charge in [-0.05, 0) is 11.1 Å². The van der Waals surface area contributed by atoms with Crippen molar-refractivity contribution in [3.8, 4) is 0 Å². The number of halogens is 3. The van der Waals surface area contributed by atoms with E-state index in [1.807, 2.05) is 0 Å². The lowest BCUT2D eigenvalue weighted by atomic mass is 9.92. The van der Waals surface area contributed by atoms with Gasteiger partial charge < -0.3 is 10.2 Å². The quantitative estimate of drug-likeness (QED) is 0.699. The summed E-state index contributed by atoms with van der Waals surface area (Å²) >= 11 is 0. The number of Topliss-reactive ketones (excluding diaryl/α,β-unsaturated/α-hetero) is 1. The van der Waals surface area contributed by atoms with E-state index in [9.17, 15) is 32.3 Å². The second kappa shape index (κ2) is 9.90.